The van der Waals surface area contributed by atoms with Crippen molar-refractivity contribution in [3.8, 4) is 17.2 Å². The van der Waals surface area contributed by atoms with Gasteiger partial charge in [-0.05, 0) is 55.3 Å². The lowest BCUT2D eigenvalue weighted by Crippen LogP contribution is -2.17. The van der Waals surface area contributed by atoms with Gasteiger partial charge in [0.05, 0.1) is 31.6 Å². The van der Waals surface area contributed by atoms with Crippen LogP contribution < -0.4 is 19.6 Å². The van der Waals surface area contributed by atoms with Gasteiger partial charge in [-0.3, -0.25) is 4.79 Å². The molecule has 0 saturated heterocycles. The van der Waals surface area contributed by atoms with Crippen LogP contribution in [0, 0.1) is 0 Å². The molecule has 7 heteroatoms. The number of amides is 1. The molecule has 0 saturated carbocycles. The second kappa shape index (κ2) is 10.4. The number of carbonyl (C=O) groups excluding carboxylic acids is 1. The van der Waals surface area contributed by atoms with E-state index in [1.165, 1.54) is 6.21 Å². The summed E-state index contributed by atoms with van der Waals surface area (Å²) in [5.41, 5.74) is 3.65. The molecule has 0 atom stereocenters. The molecular weight excluding hydrogens is 368 g/mol. The molecule has 0 aliphatic heterocycles. The maximum Gasteiger partial charge on any atom is 0.271 e. The standard InChI is InChI=1S/C20H23ClN2O4/c1-4-10-27-18-9-7-15(12-19(18)26-5-2)20(24)23-22-13-14-6-8-17(25-3)16(21)11-14/h6-9,11-13H,4-5,10H2,1-3H3,(H,23,24)/b22-13+. The Hall–Kier alpha value is -2.73. The first-order chi connectivity index (χ1) is 13.1. The van der Waals surface area contributed by atoms with E-state index in [0.717, 1.165) is 12.0 Å². The van der Waals surface area contributed by atoms with Gasteiger partial charge in [0.2, 0.25) is 0 Å². The van der Waals surface area contributed by atoms with Gasteiger partial charge in [0, 0.05) is 5.56 Å². The van der Waals surface area contributed by atoms with Gasteiger partial charge < -0.3 is 14.2 Å². The summed E-state index contributed by atoms with van der Waals surface area (Å²) in [4.78, 5) is 12.3. The van der Waals surface area contributed by atoms with Crippen molar-refractivity contribution in [1.82, 2.24) is 5.43 Å². The van der Waals surface area contributed by atoms with Crippen LogP contribution in [0.4, 0.5) is 0 Å². The highest BCUT2D eigenvalue weighted by Crippen LogP contribution is 2.28. The van der Waals surface area contributed by atoms with E-state index in [1.54, 1.807) is 43.5 Å². The van der Waals surface area contributed by atoms with Crippen molar-refractivity contribution >= 4 is 23.7 Å². The van der Waals surface area contributed by atoms with E-state index in [2.05, 4.69) is 10.5 Å². The Labute approximate surface area is 164 Å². The minimum atomic E-state index is -0.353. The number of benzene rings is 2. The molecule has 144 valence electrons. The minimum absolute atomic E-state index is 0.353. The molecule has 2 rings (SSSR count). The first kappa shape index (κ1) is 20.6. The Morgan fingerprint density at radius 1 is 1.11 bits per heavy atom. The summed E-state index contributed by atoms with van der Waals surface area (Å²) < 4.78 is 16.3. The molecule has 0 aliphatic carbocycles. The van der Waals surface area contributed by atoms with Crippen molar-refractivity contribution in [3.63, 3.8) is 0 Å². The largest absolute Gasteiger partial charge is 0.495 e. The van der Waals surface area contributed by atoms with Crippen LogP contribution in [-0.2, 0) is 0 Å². The van der Waals surface area contributed by atoms with Crippen LogP contribution in [-0.4, -0.2) is 32.4 Å². The lowest BCUT2D eigenvalue weighted by Gasteiger charge is -2.12. The van der Waals surface area contributed by atoms with Crippen LogP contribution in [0.5, 0.6) is 17.2 Å². The zero-order chi connectivity index (χ0) is 19.6. The van der Waals surface area contributed by atoms with Gasteiger partial charge in [-0.1, -0.05) is 18.5 Å². The van der Waals surface area contributed by atoms with Crippen molar-refractivity contribution in [2.24, 2.45) is 5.10 Å². The first-order valence-corrected chi connectivity index (χ1v) is 9.03. The summed E-state index contributed by atoms with van der Waals surface area (Å²) in [6.07, 6.45) is 2.39. The number of halogens is 1. The molecule has 0 radical (unpaired) electrons. The topological polar surface area (TPSA) is 69.2 Å². The molecule has 6 nitrogen and oxygen atoms in total. The Kier molecular flexibility index (Phi) is 7.95. The van der Waals surface area contributed by atoms with Gasteiger partial charge in [-0.25, -0.2) is 5.43 Å². The maximum atomic E-state index is 12.3. The molecule has 0 heterocycles. The van der Waals surface area contributed by atoms with Crippen molar-refractivity contribution in [2.45, 2.75) is 20.3 Å². The number of nitrogens with one attached hydrogen (secondary N) is 1. The van der Waals surface area contributed by atoms with Crippen LogP contribution in [0.15, 0.2) is 41.5 Å². The Balaban J connectivity index is 2.06. The number of hydrogen-bond acceptors (Lipinski definition) is 5. The van der Waals surface area contributed by atoms with E-state index in [-0.39, 0.29) is 5.91 Å². The van der Waals surface area contributed by atoms with E-state index in [1.807, 2.05) is 13.8 Å². The number of nitrogens with zero attached hydrogens (tertiary/aromatic N) is 1. The fourth-order valence-corrected chi connectivity index (χ4v) is 2.51. The fraction of sp³-hybridized carbons (Fsp3) is 0.300. The third-order valence-corrected chi connectivity index (χ3v) is 3.82. The van der Waals surface area contributed by atoms with Crippen LogP contribution in [0.2, 0.25) is 5.02 Å². The van der Waals surface area contributed by atoms with E-state index >= 15 is 0 Å². The third-order valence-electron chi connectivity index (χ3n) is 3.52. The van der Waals surface area contributed by atoms with E-state index in [9.17, 15) is 4.79 Å². The molecule has 1 N–H and O–H groups in total. The molecule has 0 bridgehead atoms. The van der Waals surface area contributed by atoms with Gasteiger partial charge in [-0.15, -0.1) is 0 Å². The number of methoxy groups -OCH3 is 1. The monoisotopic (exact) mass is 390 g/mol. The number of rotatable bonds is 9. The van der Waals surface area contributed by atoms with E-state index in [4.69, 9.17) is 25.8 Å². The Morgan fingerprint density at radius 2 is 1.89 bits per heavy atom. The minimum Gasteiger partial charge on any atom is -0.495 e. The molecule has 0 aliphatic rings. The van der Waals surface area contributed by atoms with Gasteiger partial charge in [0.1, 0.15) is 5.75 Å². The number of carbonyl (C=O) groups is 1. The summed E-state index contributed by atoms with van der Waals surface area (Å²) in [5, 5.41) is 4.44. The number of ether oxygens (including phenoxy) is 3. The maximum absolute atomic E-state index is 12.3. The summed E-state index contributed by atoms with van der Waals surface area (Å²) in [6, 6.07) is 10.3. The molecular formula is C20H23ClN2O4. The highest BCUT2D eigenvalue weighted by molar-refractivity contribution is 6.32. The zero-order valence-electron chi connectivity index (χ0n) is 15.6. The van der Waals surface area contributed by atoms with E-state index in [0.29, 0.717) is 41.0 Å². The summed E-state index contributed by atoms with van der Waals surface area (Å²) in [6.45, 7) is 4.96. The molecule has 1 amide bonds. The molecule has 0 fully saturated rings. The summed E-state index contributed by atoms with van der Waals surface area (Å²) in [7, 11) is 1.55. The van der Waals surface area contributed by atoms with Crippen LogP contribution in [0.3, 0.4) is 0 Å². The molecule has 2 aromatic rings. The Bertz CT molecular complexity index is 809. The van der Waals surface area contributed by atoms with Gasteiger partial charge in [-0.2, -0.15) is 5.10 Å². The van der Waals surface area contributed by atoms with Gasteiger partial charge in [0.25, 0.3) is 5.91 Å². The smallest absolute Gasteiger partial charge is 0.271 e. The molecule has 27 heavy (non-hydrogen) atoms. The van der Waals surface area contributed by atoms with Crippen LogP contribution in [0.25, 0.3) is 0 Å². The van der Waals surface area contributed by atoms with Crippen LogP contribution >= 0.6 is 11.6 Å². The lowest BCUT2D eigenvalue weighted by atomic mass is 10.2. The summed E-state index contributed by atoms with van der Waals surface area (Å²) in [5.74, 6) is 1.37. The molecule has 2 aromatic carbocycles. The fourth-order valence-electron chi connectivity index (χ4n) is 2.24. The van der Waals surface area contributed by atoms with Crippen molar-refractivity contribution < 1.29 is 19.0 Å². The third kappa shape index (κ3) is 5.89. The second-order valence-electron chi connectivity index (χ2n) is 5.54. The lowest BCUT2D eigenvalue weighted by molar-refractivity contribution is 0.0954. The molecule has 0 spiro atoms. The SMILES string of the molecule is CCCOc1ccc(C(=O)N/N=C/c2ccc(OC)c(Cl)c2)cc1OCC. The predicted molar refractivity (Wildman–Crippen MR) is 106 cm³/mol. The highest BCUT2D eigenvalue weighted by Gasteiger charge is 2.11. The molecule has 0 unspecified atom stereocenters. The first-order valence-electron chi connectivity index (χ1n) is 8.65. The number of hydrogen-bond donors (Lipinski definition) is 1. The van der Waals surface area contributed by atoms with Crippen molar-refractivity contribution in [2.75, 3.05) is 20.3 Å². The van der Waals surface area contributed by atoms with Crippen molar-refractivity contribution in [1.29, 1.82) is 0 Å². The average Bonchev–Trinajstić information content (AvgIpc) is 2.67. The van der Waals surface area contributed by atoms with Gasteiger partial charge >= 0.3 is 0 Å². The van der Waals surface area contributed by atoms with Crippen molar-refractivity contribution in [3.05, 3.63) is 52.5 Å². The Morgan fingerprint density at radius 3 is 2.56 bits per heavy atom. The number of hydrazone groups is 1. The summed E-state index contributed by atoms with van der Waals surface area (Å²) >= 11 is 6.07. The van der Waals surface area contributed by atoms with E-state index < -0.39 is 0 Å². The normalized spacial score (nSPS) is 10.7. The highest BCUT2D eigenvalue weighted by atomic mass is 35.5. The van der Waals surface area contributed by atoms with Crippen LogP contribution in [0.1, 0.15) is 36.2 Å². The van der Waals surface area contributed by atoms with Gasteiger partial charge in [0.15, 0.2) is 11.5 Å². The quantitative estimate of drug-likeness (QED) is 0.512. The average molecular weight is 391 g/mol. The molecule has 0 aromatic heterocycles. The zero-order valence-corrected chi connectivity index (χ0v) is 16.4. The predicted octanol–water partition coefficient (Wildman–Crippen LogP) is 4.30. The second-order valence-corrected chi connectivity index (χ2v) is 5.94.